The Labute approximate surface area is 127 Å². The number of urea groups is 1. The van der Waals surface area contributed by atoms with E-state index in [1.54, 1.807) is 0 Å². The molecule has 1 heterocycles. The number of piperidine rings is 1. The van der Waals surface area contributed by atoms with Crippen LogP contribution >= 0.6 is 0 Å². The van der Waals surface area contributed by atoms with Crippen molar-refractivity contribution in [1.82, 2.24) is 15.5 Å². The number of nitrogens with zero attached hydrogens (tertiary/aromatic N) is 1. The first-order valence-electron chi connectivity index (χ1n) is 8.10. The number of hydrogen-bond acceptors (Lipinski definition) is 3. The maximum Gasteiger partial charge on any atom is 0.315 e. The lowest BCUT2D eigenvalue weighted by Crippen LogP contribution is -2.50. The number of carboxylic acids is 1. The molecule has 0 aromatic carbocycles. The zero-order valence-corrected chi connectivity index (χ0v) is 13.1. The summed E-state index contributed by atoms with van der Waals surface area (Å²) in [4.78, 5) is 24.5. The van der Waals surface area contributed by atoms with Crippen molar-refractivity contribution in [3.05, 3.63) is 0 Å². The fourth-order valence-electron chi connectivity index (χ4n) is 2.65. The van der Waals surface area contributed by atoms with E-state index in [9.17, 15) is 9.59 Å². The fraction of sp³-hybridized carbons (Fsp3) is 0.867. The Morgan fingerprint density at radius 1 is 1.24 bits per heavy atom. The molecule has 3 N–H and O–H groups in total. The quantitative estimate of drug-likeness (QED) is 0.567. The Balaban J connectivity index is 1.99. The van der Waals surface area contributed by atoms with E-state index < -0.39 is 5.97 Å². The van der Waals surface area contributed by atoms with E-state index in [1.807, 2.05) is 0 Å². The van der Waals surface area contributed by atoms with Crippen molar-refractivity contribution in [3.8, 4) is 0 Å². The van der Waals surface area contributed by atoms with Crippen molar-refractivity contribution in [2.24, 2.45) is 0 Å². The van der Waals surface area contributed by atoms with Gasteiger partial charge in [0.2, 0.25) is 0 Å². The summed E-state index contributed by atoms with van der Waals surface area (Å²) in [6, 6.07) is 0.178. The lowest BCUT2D eigenvalue weighted by Gasteiger charge is -2.32. The van der Waals surface area contributed by atoms with Gasteiger partial charge in [-0.1, -0.05) is 19.8 Å². The highest BCUT2D eigenvalue weighted by atomic mass is 16.4. The molecule has 0 spiro atoms. The molecule has 0 aliphatic carbocycles. The number of hydrogen-bond donors (Lipinski definition) is 3. The molecule has 6 nitrogen and oxygen atoms in total. The smallest absolute Gasteiger partial charge is 0.315 e. The van der Waals surface area contributed by atoms with Crippen LogP contribution in [0.25, 0.3) is 0 Å². The van der Waals surface area contributed by atoms with Crippen molar-refractivity contribution >= 4 is 12.0 Å². The number of nitrogens with one attached hydrogen (secondary N) is 2. The molecule has 0 radical (unpaired) electrons. The highest BCUT2D eigenvalue weighted by Gasteiger charge is 2.19. The third-order valence-corrected chi connectivity index (χ3v) is 3.89. The molecular weight excluding hydrogens is 270 g/mol. The Hall–Kier alpha value is -1.30. The molecule has 0 bridgehead atoms. The van der Waals surface area contributed by atoms with Crippen LogP contribution in [0.15, 0.2) is 0 Å². The maximum absolute atomic E-state index is 11.8. The fourth-order valence-corrected chi connectivity index (χ4v) is 2.65. The van der Waals surface area contributed by atoms with Crippen molar-refractivity contribution < 1.29 is 14.7 Å². The number of likely N-dealkylation sites (tertiary alicyclic amines) is 1. The molecule has 2 amide bonds. The Morgan fingerprint density at radius 2 is 2.00 bits per heavy atom. The predicted molar refractivity (Wildman–Crippen MR) is 82.4 cm³/mol. The molecule has 21 heavy (non-hydrogen) atoms. The van der Waals surface area contributed by atoms with Crippen molar-refractivity contribution in [2.75, 3.05) is 26.2 Å². The largest absolute Gasteiger partial charge is 0.481 e. The van der Waals surface area contributed by atoms with Crippen LogP contribution in [0.4, 0.5) is 4.79 Å². The van der Waals surface area contributed by atoms with E-state index >= 15 is 0 Å². The van der Waals surface area contributed by atoms with Gasteiger partial charge in [0.1, 0.15) is 0 Å². The minimum atomic E-state index is -0.735. The maximum atomic E-state index is 11.8. The molecular formula is C15H29N3O3. The first-order valence-corrected chi connectivity index (χ1v) is 8.10. The topological polar surface area (TPSA) is 81.7 Å². The van der Waals surface area contributed by atoms with Crippen molar-refractivity contribution in [3.63, 3.8) is 0 Å². The van der Waals surface area contributed by atoms with Crippen LogP contribution in [-0.4, -0.2) is 54.2 Å². The second-order valence-corrected chi connectivity index (χ2v) is 5.69. The molecule has 1 fully saturated rings. The van der Waals surface area contributed by atoms with Crippen LogP contribution in [-0.2, 0) is 4.79 Å². The molecule has 1 aliphatic rings. The van der Waals surface area contributed by atoms with Gasteiger partial charge in [-0.3, -0.25) is 4.79 Å². The van der Waals surface area contributed by atoms with Gasteiger partial charge >= 0.3 is 12.0 Å². The number of carboxylic acid groups (broad SMARTS) is 1. The van der Waals surface area contributed by atoms with Crippen LogP contribution < -0.4 is 10.6 Å². The number of unbranched alkanes of at least 4 members (excludes halogenated alkanes) is 3. The minimum absolute atomic E-state index is 0.0801. The molecule has 1 saturated heterocycles. The molecule has 122 valence electrons. The molecule has 1 rings (SSSR count). The molecule has 1 unspecified atom stereocenters. The summed E-state index contributed by atoms with van der Waals surface area (Å²) >= 11 is 0. The summed E-state index contributed by atoms with van der Waals surface area (Å²) in [5.41, 5.74) is 0. The average Bonchev–Trinajstić information content (AvgIpc) is 2.46. The molecule has 1 atom stereocenters. The van der Waals surface area contributed by atoms with E-state index in [0.29, 0.717) is 6.54 Å². The number of carbonyl (C=O) groups excluding carboxylic acids is 1. The summed E-state index contributed by atoms with van der Waals surface area (Å²) in [5, 5.41) is 14.4. The normalized spacial score (nSPS) is 19.2. The number of amides is 2. The van der Waals surface area contributed by atoms with Crippen molar-refractivity contribution in [2.45, 2.75) is 57.9 Å². The van der Waals surface area contributed by atoms with Gasteiger partial charge in [-0.2, -0.15) is 0 Å². The van der Waals surface area contributed by atoms with Crippen LogP contribution in [0.2, 0.25) is 0 Å². The third-order valence-electron chi connectivity index (χ3n) is 3.89. The summed E-state index contributed by atoms with van der Waals surface area (Å²) < 4.78 is 0. The molecule has 1 aliphatic heterocycles. The number of aliphatic carboxylic acids is 1. The zero-order chi connectivity index (χ0) is 15.5. The van der Waals surface area contributed by atoms with Gasteiger partial charge in [0.15, 0.2) is 0 Å². The zero-order valence-electron chi connectivity index (χ0n) is 13.1. The summed E-state index contributed by atoms with van der Waals surface area (Å²) in [6.07, 6.45) is 5.92. The molecule has 0 saturated carbocycles. The van der Waals surface area contributed by atoms with Crippen molar-refractivity contribution in [1.29, 1.82) is 0 Å². The van der Waals surface area contributed by atoms with E-state index in [4.69, 9.17) is 5.11 Å². The first-order chi connectivity index (χ1) is 10.1. The van der Waals surface area contributed by atoms with Crippen LogP contribution in [0.5, 0.6) is 0 Å². The van der Waals surface area contributed by atoms with E-state index in [-0.39, 0.29) is 18.5 Å². The Kier molecular flexibility index (Phi) is 8.82. The number of rotatable bonds is 9. The van der Waals surface area contributed by atoms with E-state index in [0.717, 1.165) is 58.2 Å². The van der Waals surface area contributed by atoms with Gasteiger partial charge in [-0.05, 0) is 38.8 Å². The van der Waals surface area contributed by atoms with E-state index in [1.165, 1.54) is 0 Å². The highest BCUT2D eigenvalue weighted by molar-refractivity contribution is 5.74. The second kappa shape index (κ2) is 10.4. The number of likely N-dealkylation sites (N-methyl/N-ethyl adjacent to an activating group) is 1. The molecule has 0 aromatic rings. The van der Waals surface area contributed by atoms with Gasteiger partial charge in [-0.25, -0.2) is 4.79 Å². The van der Waals surface area contributed by atoms with Gasteiger partial charge in [0.25, 0.3) is 0 Å². The lowest BCUT2D eigenvalue weighted by molar-refractivity contribution is -0.137. The van der Waals surface area contributed by atoms with Gasteiger partial charge in [-0.15, -0.1) is 0 Å². The third kappa shape index (κ3) is 8.55. The SMILES string of the molecule is CCN1CCCC(NC(=O)NCCCCCCC(=O)O)C1. The minimum Gasteiger partial charge on any atom is -0.481 e. The van der Waals surface area contributed by atoms with Crippen LogP contribution in [0, 0.1) is 0 Å². The van der Waals surface area contributed by atoms with Crippen LogP contribution in [0.1, 0.15) is 51.9 Å². The summed E-state index contributed by atoms with van der Waals surface area (Å²) in [6.45, 7) is 5.91. The average molecular weight is 299 g/mol. The molecule has 6 heteroatoms. The standard InChI is InChI=1S/C15H29N3O3/c1-2-18-11-7-8-13(12-18)17-15(21)16-10-6-4-3-5-9-14(19)20/h13H,2-12H2,1H3,(H,19,20)(H2,16,17,21). The first kappa shape index (κ1) is 17.8. The predicted octanol–water partition coefficient (Wildman–Crippen LogP) is 1.80. The lowest BCUT2D eigenvalue weighted by atomic mass is 10.1. The molecule has 0 aromatic heterocycles. The second-order valence-electron chi connectivity index (χ2n) is 5.69. The summed E-state index contributed by atoms with van der Waals surface area (Å²) in [7, 11) is 0. The monoisotopic (exact) mass is 299 g/mol. The van der Waals surface area contributed by atoms with E-state index in [2.05, 4.69) is 22.5 Å². The van der Waals surface area contributed by atoms with Crippen LogP contribution in [0.3, 0.4) is 0 Å². The van der Waals surface area contributed by atoms with Gasteiger partial charge < -0.3 is 20.6 Å². The summed E-state index contributed by atoms with van der Waals surface area (Å²) in [5.74, 6) is -0.735. The number of carbonyl (C=O) groups is 2. The van der Waals surface area contributed by atoms with Gasteiger partial charge in [0, 0.05) is 25.6 Å². The highest BCUT2D eigenvalue weighted by Crippen LogP contribution is 2.09. The Bertz CT molecular complexity index is 323. The van der Waals surface area contributed by atoms with Gasteiger partial charge in [0.05, 0.1) is 0 Å². The Morgan fingerprint density at radius 3 is 2.71 bits per heavy atom.